The summed E-state index contributed by atoms with van der Waals surface area (Å²) < 4.78 is 6.67. The molecule has 0 rings (SSSR count). The Balaban J connectivity index is 4.41. The normalized spacial score (nSPS) is 12.7. The predicted octanol–water partition coefficient (Wildman–Crippen LogP) is 11.4. The second kappa shape index (κ2) is 27.2. The molecule has 0 saturated heterocycles. The van der Waals surface area contributed by atoms with Crippen molar-refractivity contribution in [1.29, 1.82) is 0 Å². The SMILES string of the molecule is CCCCCCCCC(CCCCCC)COC(CCCCCCC)CCCCCCC. The van der Waals surface area contributed by atoms with Gasteiger partial charge in [0.2, 0.25) is 0 Å². The highest BCUT2D eigenvalue weighted by Gasteiger charge is 2.14. The minimum Gasteiger partial charge on any atom is -0.378 e. The third-order valence-electron chi connectivity index (χ3n) is 7.26. The van der Waals surface area contributed by atoms with Gasteiger partial charge in [0.1, 0.15) is 0 Å². The van der Waals surface area contributed by atoms with Crippen molar-refractivity contribution in [2.45, 2.75) is 188 Å². The first kappa shape index (κ1) is 32.0. The molecule has 0 N–H and O–H groups in total. The average molecular weight is 453 g/mol. The quantitative estimate of drug-likeness (QED) is 0.113. The first-order valence-electron chi connectivity index (χ1n) is 15.4. The zero-order chi connectivity index (χ0) is 23.5. The third kappa shape index (κ3) is 23.1. The van der Waals surface area contributed by atoms with Gasteiger partial charge in [0.15, 0.2) is 0 Å². The van der Waals surface area contributed by atoms with E-state index in [-0.39, 0.29) is 0 Å². The lowest BCUT2D eigenvalue weighted by Gasteiger charge is -2.23. The Kier molecular flexibility index (Phi) is 27.2. The Labute approximate surface area is 205 Å². The molecule has 0 amide bonds. The molecule has 1 atom stereocenters. The van der Waals surface area contributed by atoms with Crippen LogP contribution in [0.15, 0.2) is 0 Å². The van der Waals surface area contributed by atoms with Gasteiger partial charge in [-0.15, -0.1) is 0 Å². The van der Waals surface area contributed by atoms with Crippen LogP contribution in [-0.2, 0) is 4.74 Å². The van der Waals surface area contributed by atoms with Crippen molar-refractivity contribution in [2.75, 3.05) is 6.61 Å². The molecular weight excluding hydrogens is 388 g/mol. The molecule has 0 aliphatic carbocycles. The number of hydrogen-bond acceptors (Lipinski definition) is 1. The van der Waals surface area contributed by atoms with E-state index in [0.717, 1.165) is 12.5 Å². The molecule has 0 aromatic heterocycles. The van der Waals surface area contributed by atoms with Crippen molar-refractivity contribution in [2.24, 2.45) is 5.92 Å². The number of rotatable bonds is 27. The second-order valence-electron chi connectivity index (χ2n) is 10.6. The van der Waals surface area contributed by atoms with Crippen LogP contribution in [0.2, 0.25) is 0 Å². The van der Waals surface area contributed by atoms with Crippen molar-refractivity contribution >= 4 is 0 Å². The van der Waals surface area contributed by atoms with Gasteiger partial charge < -0.3 is 4.74 Å². The lowest BCUT2D eigenvalue weighted by molar-refractivity contribution is 0.0118. The van der Waals surface area contributed by atoms with E-state index in [2.05, 4.69) is 27.7 Å². The fraction of sp³-hybridized carbons (Fsp3) is 1.00. The summed E-state index contributed by atoms with van der Waals surface area (Å²) in [4.78, 5) is 0. The molecule has 194 valence electrons. The van der Waals surface area contributed by atoms with Crippen molar-refractivity contribution in [3.8, 4) is 0 Å². The van der Waals surface area contributed by atoms with E-state index in [1.807, 2.05) is 0 Å². The van der Waals surface area contributed by atoms with Crippen LogP contribution in [0.25, 0.3) is 0 Å². The smallest absolute Gasteiger partial charge is 0.0575 e. The molecule has 0 aliphatic heterocycles. The average Bonchev–Trinajstić information content (AvgIpc) is 2.80. The highest BCUT2D eigenvalue weighted by molar-refractivity contribution is 4.65. The highest BCUT2D eigenvalue weighted by Crippen LogP contribution is 2.22. The standard InChI is InChI=1S/C31H64O/c1-5-9-13-17-20-22-26-30(25-21-16-12-8-4)29-32-31(27-23-18-14-10-6-2)28-24-19-15-11-7-3/h30-31H,5-29H2,1-4H3. The molecule has 1 unspecified atom stereocenters. The van der Waals surface area contributed by atoms with Gasteiger partial charge in [-0.05, 0) is 31.6 Å². The summed E-state index contributed by atoms with van der Waals surface area (Å²) in [6, 6.07) is 0. The van der Waals surface area contributed by atoms with Crippen LogP contribution in [-0.4, -0.2) is 12.7 Å². The summed E-state index contributed by atoms with van der Waals surface area (Å²) in [6.07, 6.45) is 33.9. The van der Waals surface area contributed by atoms with Crippen LogP contribution in [0, 0.1) is 5.92 Å². The van der Waals surface area contributed by atoms with Gasteiger partial charge in [0.25, 0.3) is 0 Å². The minimum absolute atomic E-state index is 0.529. The number of unbranched alkanes of at least 4 members (excludes halogenated alkanes) is 16. The Bertz CT molecular complexity index is 312. The van der Waals surface area contributed by atoms with Crippen LogP contribution in [0.5, 0.6) is 0 Å². The maximum Gasteiger partial charge on any atom is 0.0575 e. The van der Waals surface area contributed by atoms with Crippen molar-refractivity contribution in [3.63, 3.8) is 0 Å². The molecule has 0 fully saturated rings. The Morgan fingerprint density at radius 2 is 0.688 bits per heavy atom. The Morgan fingerprint density at radius 3 is 1.09 bits per heavy atom. The Hall–Kier alpha value is -0.0400. The molecule has 1 nitrogen and oxygen atoms in total. The predicted molar refractivity (Wildman–Crippen MR) is 147 cm³/mol. The first-order valence-corrected chi connectivity index (χ1v) is 15.4. The van der Waals surface area contributed by atoms with Gasteiger partial charge in [0.05, 0.1) is 6.10 Å². The van der Waals surface area contributed by atoms with E-state index in [1.165, 1.54) is 154 Å². The van der Waals surface area contributed by atoms with E-state index in [0.29, 0.717) is 6.10 Å². The second-order valence-corrected chi connectivity index (χ2v) is 10.6. The van der Waals surface area contributed by atoms with Gasteiger partial charge in [0, 0.05) is 6.61 Å². The van der Waals surface area contributed by atoms with E-state index in [4.69, 9.17) is 4.74 Å². The first-order chi connectivity index (χ1) is 15.8. The van der Waals surface area contributed by atoms with Crippen LogP contribution in [0.4, 0.5) is 0 Å². The molecule has 0 heterocycles. The van der Waals surface area contributed by atoms with E-state index in [9.17, 15) is 0 Å². The van der Waals surface area contributed by atoms with Crippen molar-refractivity contribution in [3.05, 3.63) is 0 Å². The van der Waals surface area contributed by atoms with Gasteiger partial charge in [-0.1, -0.05) is 156 Å². The van der Waals surface area contributed by atoms with E-state index in [1.54, 1.807) is 0 Å². The number of ether oxygens (including phenoxy) is 1. The van der Waals surface area contributed by atoms with Crippen LogP contribution >= 0.6 is 0 Å². The van der Waals surface area contributed by atoms with Gasteiger partial charge >= 0.3 is 0 Å². The van der Waals surface area contributed by atoms with Gasteiger partial charge in [-0.3, -0.25) is 0 Å². The van der Waals surface area contributed by atoms with Crippen LogP contribution in [0.1, 0.15) is 182 Å². The van der Waals surface area contributed by atoms with Crippen molar-refractivity contribution in [1.82, 2.24) is 0 Å². The molecule has 0 aliphatic rings. The topological polar surface area (TPSA) is 9.23 Å². The molecule has 0 saturated carbocycles. The maximum atomic E-state index is 6.67. The summed E-state index contributed by atoms with van der Waals surface area (Å²) >= 11 is 0. The summed E-state index contributed by atoms with van der Waals surface area (Å²) in [6.45, 7) is 10.3. The summed E-state index contributed by atoms with van der Waals surface area (Å²) in [7, 11) is 0. The molecule has 0 aromatic carbocycles. The molecule has 0 spiro atoms. The molecule has 0 bridgehead atoms. The van der Waals surface area contributed by atoms with Gasteiger partial charge in [-0.25, -0.2) is 0 Å². The zero-order valence-electron chi connectivity index (χ0n) is 23.2. The zero-order valence-corrected chi connectivity index (χ0v) is 23.2. The van der Waals surface area contributed by atoms with Gasteiger partial charge in [-0.2, -0.15) is 0 Å². The van der Waals surface area contributed by atoms with E-state index < -0.39 is 0 Å². The monoisotopic (exact) mass is 452 g/mol. The molecule has 32 heavy (non-hydrogen) atoms. The van der Waals surface area contributed by atoms with Crippen LogP contribution in [0.3, 0.4) is 0 Å². The molecule has 0 aromatic rings. The lowest BCUT2D eigenvalue weighted by Crippen LogP contribution is -2.19. The largest absolute Gasteiger partial charge is 0.378 e. The molecular formula is C31H64O. The summed E-state index contributed by atoms with van der Waals surface area (Å²) in [5, 5.41) is 0. The van der Waals surface area contributed by atoms with Crippen LogP contribution < -0.4 is 0 Å². The Morgan fingerprint density at radius 1 is 0.375 bits per heavy atom. The number of hydrogen-bond donors (Lipinski definition) is 0. The third-order valence-corrected chi connectivity index (χ3v) is 7.26. The molecule has 1 heteroatoms. The van der Waals surface area contributed by atoms with Crippen molar-refractivity contribution < 1.29 is 4.74 Å². The lowest BCUT2D eigenvalue weighted by atomic mass is 9.94. The summed E-state index contributed by atoms with van der Waals surface area (Å²) in [5.41, 5.74) is 0. The van der Waals surface area contributed by atoms with E-state index >= 15 is 0 Å². The fourth-order valence-corrected chi connectivity index (χ4v) is 4.92. The fourth-order valence-electron chi connectivity index (χ4n) is 4.92. The molecule has 0 radical (unpaired) electrons. The maximum absolute atomic E-state index is 6.67. The minimum atomic E-state index is 0.529. The summed E-state index contributed by atoms with van der Waals surface area (Å²) in [5.74, 6) is 0.806. The highest BCUT2D eigenvalue weighted by atomic mass is 16.5.